The van der Waals surface area contributed by atoms with Crippen LogP contribution >= 0.6 is 0 Å². The number of hydrogen-bond acceptors (Lipinski definition) is 4. The third-order valence-electron chi connectivity index (χ3n) is 5.13. The van der Waals surface area contributed by atoms with Gasteiger partial charge in [0.1, 0.15) is 0 Å². The molecule has 4 nitrogen and oxygen atoms in total. The molecule has 0 aromatic rings. The maximum atomic E-state index is 6.51. The van der Waals surface area contributed by atoms with Gasteiger partial charge in [0, 0.05) is 38.2 Å². The molecule has 2 unspecified atom stereocenters. The van der Waals surface area contributed by atoms with Crippen molar-refractivity contribution in [1.82, 2.24) is 4.90 Å². The van der Waals surface area contributed by atoms with Gasteiger partial charge in [-0.2, -0.15) is 0 Å². The van der Waals surface area contributed by atoms with Crippen LogP contribution in [-0.2, 0) is 9.47 Å². The molecule has 0 spiro atoms. The smallest absolute Gasteiger partial charge is 0.0788 e. The van der Waals surface area contributed by atoms with Crippen LogP contribution in [0.25, 0.3) is 0 Å². The summed E-state index contributed by atoms with van der Waals surface area (Å²) in [5.74, 6) is 0.338. The highest BCUT2D eigenvalue weighted by molar-refractivity contribution is 5.05. The van der Waals surface area contributed by atoms with Crippen LogP contribution < -0.4 is 5.73 Å². The third-order valence-corrected chi connectivity index (χ3v) is 5.13. The maximum Gasteiger partial charge on any atom is 0.0788 e. The van der Waals surface area contributed by atoms with Crippen molar-refractivity contribution >= 4 is 0 Å². The molecule has 0 bridgehead atoms. The van der Waals surface area contributed by atoms with Gasteiger partial charge in [0.25, 0.3) is 0 Å². The summed E-state index contributed by atoms with van der Waals surface area (Å²) in [6.07, 6.45) is 2.32. The van der Waals surface area contributed by atoms with E-state index in [0.29, 0.717) is 12.0 Å². The number of nitrogens with zero attached hydrogens (tertiary/aromatic N) is 1. The number of rotatable bonds is 8. The predicted octanol–water partition coefficient (Wildman–Crippen LogP) is 2.65. The summed E-state index contributed by atoms with van der Waals surface area (Å²) in [6, 6.07) is 0.652. The van der Waals surface area contributed by atoms with E-state index in [1.54, 1.807) is 7.11 Å². The Hall–Kier alpha value is -0.160. The van der Waals surface area contributed by atoms with Crippen LogP contribution in [0.15, 0.2) is 0 Å². The van der Waals surface area contributed by atoms with Crippen LogP contribution in [0, 0.1) is 5.92 Å². The fraction of sp³-hybridized carbons (Fsp3) is 1.00. The van der Waals surface area contributed by atoms with Gasteiger partial charge in [-0.1, -0.05) is 13.8 Å². The first kappa shape index (κ1) is 18.9. The van der Waals surface area contributed by atoms with Gasteiger partial charge in [-0.05, 0) is 40.5 Å². The number of hydrogen-bond donors (Lipinski definition) is 1. The molecule has 0 aliphatic carbocycles. The van der Waals surface area contributed by atoms with Gasteiger partial charge in [0.2, 0.25) is 0 Å². The summed E-state index contributed by atoms with van der Waals surface area (Å²) in [5, 5.41) is 0. The number of nitrogens with two attached hydrogens (primary N) is 1. The molecule has 4 heteroatoms. The summed E-state index contributed by atoms with van der Waals surface area (Å²) in [4.78, 5) is 2.54. The molecular weight excluding hydrogens is 264 g/mol. The molecule has 0 saturated carbocycles. The molecule has 1 aliphatic rings. The zero-order chi connectivity index (χ0) is 16.3. The Labute approximate surface area is 131 Å². The van der Waals surface area contributed by atoms with Crippen molar-refractivity contribution in [2.24, 2.45) is 11.7 Å². The lowest BCUT2D eigenvalue weighted by molar-refractivity contribution is -0.0796. The molecule has 0 aromatic heterocycles. The van der Waals surface area contributed by atoms with Gasteiger partial charge in [0.15, 0.2) is 0 Å². The van der Waals surface area contributed by atoms with Crippen LogP contribution in [0.1, 0.15) is 54.4 Å². The van der Waals surface area contributed by atoms with E-state index in [2.05, 4.69) is 46.4 Å². The largest absolute Gasteiger partial charge is 0.383 e. The van der Waals surface area contributed by atoms with Crippen molar-refractivity contribution in [2.45, 2.75) is 77.7 Å². The van der Waals surface area contributed by atoms with Crippen molar-refractivity contribution in [3.05, 3.63) is 0 Å². The number of methoxy groups -OCH3 is 1. The molecule has 1 fully saturated rings. The highest BCUT2D eigenvalue weighted by Crippen LogP contribution is 2.41. The van der Waals surface area contributed by atoms with Crippen molar-refractivity contribution in [3.63, 3.8) is 0 Å². The van der Waals surface area contributed by atoms with Crippen LogP contribution in [0.3, 0.4) is 0 Å². The second kappa shape index (κ2) is 7.40. The molecule has 21 heavy (non-hydrogen) atoms. The van der Waals surface area contributed by atoms with Crippen LogP contribution in [-0.4, -0.2) is 55.0 Å². The van der Waals surface area contributed by atoms with E-state index >= 15 is 0 Å². The van der Waals surface area contributed by atoms with Crippen molar-refractivity contribution < 1.29 is 9.47 Å². The predicted molar refractivity (Wildman–Crippen MR) is 88.5 cm³/mol. The molecule has 1 saturated heterocycles. The van der Waals surface area contributed by atoms with E-state index in [9.17, 15) is 0 Å². The Balaban J connectivity index is 2.86. The van der Waals surface area contributed by atoms with E-state index in [0.717, 1.165) is 32.5 Å². The van der Waals surface area contributed by atoms with Gasteiger partial charge in [0.05, 0.1) is 17.8 Å². The second-order valence-electron chi connectivity index (χ2n) is 7.40. The van der Waals surface area contributed by atoms with E-state index in [1.165, 1.54) is 0 Å². The Kier molecular flexibility index (Phi) is 6.66. The Morgan fingerprint density at radius 2 is 1.71 bits per heavy atom. The Morgan fingerprint density at radius 1 is 1.14 bits per heavy atom. The summed E-state index contributed by atoms with van der Waals surface area (Å²) in [6.45, 7) is 15.8. The molecule has 1 rings (SSSR count). The molecule has 2 N–H and O–H groups in total. The molecule has 0 aromatic carbocycles. The van der Waals surface area contributed by atoms with Gasteiger partial charge < -0.3 is 15.2 Å². The second-order valence-corrected chi connectivity index (χ2v) is 7.40. The van der Waals surface area contributed by atoms with Gasteiger partial charge in [-0.3, -0.25) is 4.90 Å². The molecule has 2 atom stereocenters. The van der Waals surface area contributed by atoms with E-state index in [4.69, 9.17) is 15.2 Å². The first-order valence-corrected chi connectivity index (χ1v) is 8.38. The fourth-order valence-corrected chi connectivity index (χ4v) is 3.76. The summed E-state index contributed by atoms with van der Waals surface area (Å²) in [7, 11) is 1.77. The lowest BCUT2D eigenvalue weighted by Crippen LogP contribution is -2.50. The standard InChI is InChI=1S/C17H36N2O2/c1-8-13(9-2)19(10-11-20-7)12-14-15(18)17(5,6)21-16(14,3)4/h13-15H,8-12,18H2,1-7H3. The zero-order valence-electron chi connectivity index (χ0n) is 15.1. The lowest BCUT2D eigenvalue weighted by Gasteiger charge is -2.37. The van der Waals surface area contributed by atoms with Crippen LogP contribution in [0.4, 0.5) is 0 Å². The minimum atomic E-state index is -0.255. The highest BCUT2D eigenvalue weighted by Gasteiger charge is 2.52. The van der Waals surface area contributed by atoms with Gasteiger partial charge in [-0.15, -0.1) is 0 Å². The lowest BCUT2D eigenvalue weighted by atomic mass is 9.82. The minimum absolute atomic E-state index is 0.0620. The van der Waals surface area contributed by atoms with Crippen molar-refractivity contribution in [2.75, 3.05) is 26.8 Å². The SMILES string of the molecule is CCC(CC)N(CCOC)CC1C(N)C(C)(C)OC1(C)C. The number of ether oxygens (including phenoxy) is 2. The fourth-order valence-electron chi connectivity index (χ4n) is 3.76. The quantitative estimate of drug-likeness (QED) is 0.748. The van der Waals surface area contributed by atoms with Crippen molar-refractivity contribution in [1.29, 1.82) is 0 Å². The van der Waals surface area contributed by atoms with E-state index in [1.807, 2.05) is 0 Å². The molecule has 1 aliphatic heterocycles. The van der Waals surface area contributed by atoms with Gasteiger partial charge in [-0.25, -0.2) is 0 Å². The molecule has 1 heterocycles. The Morgan fingerprint density at radius 3 is 2.10 bits per heavy atom. The topological polar surface area (TPSA) is 47.7 Å². The molecule has 0 radical (unpaired) electrons. The Bertz CT molecular complexity index is 314. The van der Waals surface area contributed by atoms with Crippen LogP contribution in [0.2, 0.25) is 0 Å². The monoisotopic (exact) mass is 300 g/mol. The van der Waals surface area contributed by atoms with E-state index < -0.39 is 0 Å². The maximum absolute atomic E-state index is 6.51. The average Bonchev–Trinajstić information content (AvgIpc) is 2.54. The van der Waals surface area contributed by atoms with E-state index in [-0.39, 0.29) is 17.2 Å². The third kappa shape index (κ3) is 4.41. The van der Waals surface area contributed by atoms with Crippen LogP contribution in [0.5, 0.6) is 0 Å². The molecule has 126 valence electrons. The normalized spacial score (nSPS) is 27.7. The first-order valence-electron chi connectivity index (χ1n) is 8.38. The summed E-state index contributed by atoms with van der Waals surface area (Å²) >= 11 is 0. The molecule has 0 amide bonds. The van der Waals surface area contributed by atoms with Crippen molar-refractivity contribution in [3.8, 4) is 0 Å². The molecular formula is C17H36N2O2. The zero-order valence-corrected chi connectivity index (χ0v) is 15.1. The minimum Gasteiger partial charge on any atom is -0.383 e. The van der Waals surface area contributed by atoms with Gasteiger partial charge >= 0.3 is 0 Å². The summed E-state index contributed by atoms with van der Waals surface area (Å²) < 4.78 is 11.5. The average molecular weight is 300 g/mol. The first-order chi connectivity index (χ1) is 9.69. The highest BCUT2D eigenvalue weighted by atomic mass is 16.5. The summed E-state index contributed by atoms with van der Waals surface area (Å²) in [5.41, 5.74) is 6.07.